The lowest BCUT2D eigenvalue weighted by Crippen LogP contribution is -2.02. The monoisotopic (exact) mass is 234 g/mol. The molecule has 1 aromatic rings. The summed E-state index contributed by atoms with van der Waals surface area (Å²) in [7, 11) is 0. The van der Waals surface area contributed by atoms with E-state index in [2.05, 4.69) is 6.92 Å². The summed E-state index contributed by atoms with van der Waals surface area (Å²) in [6.07, 6.45) is 5.60. The fraction of sp³-hybridized carbons (Fsp3) is 0.533. The molecule has 0 aliphatic carbocycles. The van der Waals surface area contributed by atoms with Gasteiger partial charge in [-0.1, -0.05) is 32.3 Å². The molecule has 17 heavy (non-hydrogen) atoms. The van der Waals surface area contributed by atoms with Crippen molar-refractivity contribution in [3.63, 3.8) is 0 Å². The second-order valence-electron chi connectivity index (χ2n) is 4.52. The van der Waals surface area contributed by atoms with Crippen molar-refractivity contribution in [3.05, 3.63) is 28.8 Å². The van der Waals surface area contributed by atoms with E-state index in [1.807, 2.05) is 26.0 Å². The summed E-state index contributed by atoms with van der Waals surface area (Å²) in [6.45, 7) is 6.85. The SMILES string of the molecule is CCCCCCOc1cc(C)cc(C)c1C=O. The maximum Gasteiger partial charge on any atom is 0.154 e. The number of aryl methyl sites for hydroxylation is 2. The smallest absolute Gasteiger partial charge is 0.154 e. The Morgan fingerprint density at radius 1 is 1.18 bits per heavy atom. The zero-order chi connectivity index (χ0) is 12.7. The number of rotatable bonds is 7. The van der Waals surface area contributed by atoms with Gasteiger partial charge in [0.2, 0.25) is 0 Å². The summed E-state index contributed by atoms with van der Waals surface area (Å²) >= 11 is 0. The lowest BCUT2D eigenvalue weighted by atomic mass is 10.1. The highest BCUT2D eigenvalue weighted by Crippen LogP contribution is 2.23. The summed E-state index contributed by atoms with van der Waals surface area (Å²) in [5.41, 5.74) is 2.81. The van der Waals surface area contributed by atoms with Gasteiger partial charge in [0.15, 0.2) is 6.29 Å². The number of benzene rings is 1. The van der Waals surface area contributed by atoms with E-state index in [-0.39, 0.29) is 0 Å². The van der Waals surface area contributed by atoms with E-state index in [4.69, 9.17) is 4.74 Å². The fourth-order valence-corrected chi connectivity index (χ4v) is 1.92. The van der Waals surface area contributed by atoms with Crippen molar-refractivity contribution >= 4 is 6.29 Å². The molecule has 0 saturated heterocycles. The van der Waals surface area contributed by atoms with Crippen molar-refractivity contribution in [2.45, 2.75) is 46.5 Å². The third-order valence-corrected chi connectivity index (χ3v) is 2.87. The molecule has 0 aromatic heterocycles. The molecule has 0 saturated carbocycles. The zero-order valence-corrected chi connectivity index (χ0v) is 11.1. The van der Waals surface area contributed by atoms with Gasteiger partial charge in [-0.25, -0.2) is 0 Å². The summed E-state index contributed by atoms with van der Waals surface area (Å²) in [4.78, 5) is 11.0. The largest absolute Gasteiger partial charge is 0.493 e. The Morgan fingerprint density at radius 2 is 1.94 bits per heavy atom. The molecule has 2 heteroatoms. The van der Waals surface area contributed by atoms with Gasteiger partial charge in [-0.2, -0.15) is 0 Å². The standard InChI is InChI=1S/C15H22O2/c1-4-5-6-7-8-17-15-10-12(2)9-13(3)14(15)11-16/h9-11H,4-8H2,1-3H3. The maximum absolute atomic E-state index is 11.0. The molecular weight excluding hydrogens is 212 g/mol. The van der Waals surface area contributed by atoms with Crippen LogP contribution in [0, 0.1) is 13.8 Å². The lowest BCUT2D eigenvalue weighted by Gasteiger charge is -2.11. The van der Waals surface area contributed by atoms with E-state index < -0.39 is 0 Å². The Bertz CT molecular complexity index is 369. The summed E-state index contributed by atoms with van der Waals surface area (Å²) < 4.78 is 5.71. The van der Waals surface area contributed by atoms with Crippen molar-refractivity contribution < 1.29 is 9.53 Å². The maximum atomic E-state index is 11.0. The van der Waals surface area contributed by atoms with Crippen LogP contribution in [-0.2, 0) is 0 Å². The second kappa shape index (κ2) is 7.10. The van der Waals surface area contributed by atoms with Gasteiger partial charge >= 0.3 is 0 Å². The van der Waals surface area contributed by atoms with Crippen molar-refractivity contribution in [3.8, 4) is 5.75 Å². The first kappa shape index (κ1) is 13.8. The van der Waals surface area contributed by atoms with Crippen LogP contribution in [0.2, 0.25) is 0 Å². The molecule has 1 aromatic carbocycles. The van der Waals surface area contributed by atoms with Crippen molar-refractivity contribution in [2.75, 3.05) is 6.61 Å². The first-order valence-corrected chi connectivity index (χ1v) is 6.38. The topological polar surface area (TPSA) is 26.3 Å². The minimum atomic E-state index is 0.686. The number of hydrogen-bond acceptors (Lipinski definition) is 2. The molecule has 0 aliphatic rings. The second-order valence-corrected chi connectivity index (χ2v) is 4.52. The number of aldehydes is 1. The summed E-state index contributed by atoms with van der Waals surface area (Å²) in [5.74, 6) is 0.731. The molecule has 0 amide bonds. The average Bonchev–Trinajstić information content (AvgIpc) is 2.28. The fourth-order valence-electron chi connectivity index (χ4n) is 1.92. The van der Waals surface area contributed by atoms with E-state index in [1.165, 1.54) is 19.3 Å². The van der Waals surface area contributed by atoms with Crippen LogP contribution in [0.5, 0.6) is 5.75 Å². The van der Waals surface area contributed by atoms with Gasteiger partial charge < -0.3 is 4.74 Å². The number of carbonyl (C=O) groups excluding carboxylic acids is 1. The number of unbranched alkanes of at least 4 members (excludes halogenated alkanes) is 3. The molecule has 0 atom stereocenters. The normalized spacial score (nSPS) is 10.3. The van der Waals surface area contributed by atoms with Crippen molar-refractivity contribution in [1.82, 2.24) is 0 Å². The van der Waals surface area contributed by atoms with Crippen LogP contribution < -0.4 is 4.74 Å². The molecule has 0 fully saturated rings. The van der Waals surface area contributed by atoms with Crippen LogP contribution in [0.15, 0.2) is 12.1 Å². The molecule has 1 rings (SSSR count). The number of ether oxygens (including phenoxy) is 1. The van der Waals surface area contributed by atoms with Crippen LogP contribution >= 0.6 is 0 Å². The van der Waals surface area contributed by atoms with E-state index in [0.29, 0.717) is 12.2 Å². The predicted molar refractivity (Wildman–Crippen MR) is 70.9 cm³/mol. The minimum Gasteiger partial charge on any atom is -0.493 e. The zero-order valence-electron chi connectivity index (χ0n) is 11.1. The Labute approximate surface area is 104 Å². The molecule has 0 bridgehead atoms. The Balaban J connectivity index is 2.60. The van der Waals surface area contributed by atoms with Gasteiger partial charge in [0, 0.05) is 0 Å². The highest BCUT2D eigenvalue weighted by atomic mass is 16.5. The number of carbonyl (C=O) groups is 1. The van der Waals surface area contributed by atoms with Gasteiger partial charge in [0.25, 0.3) is 0 Å². The molecule has 0 N–H and O–H groups in total. The van der Waals surface area contributed by atoms with Gasteiger partial charge in [-0.3, -0.25) is 4.79 Å². The van der Waals surface area contributed by atoms with Crippen LogP contribution in [0.25, 0.3) is 0 Å². The quantitative estimate of drug-likeness (QED) is 0.525. The minimum absolute atomic E-state index is 0.686. The average molecular weight is 234 g/mol. The lowest BCUT2D eigenvalue weighted by molar-refractivity contribution is 0.111. The van der Waals surface area contributed by atoms with Crippen LogP contribution in [0.3, 0.4) is 0 Å². The molecule has 0 radical (unpaired) electrons. The van der Waals surface area contributed by atoms with Crippen LogP contribution in [-0.4, -0.2) is 12.9 Å². The van der Waals surface area contributed by atoms with Gasteiger partial charge in [0.05, 0.1) is 12.2 Å². The molecule has 0 unspecified atom stereocenters. The third kappa shape index (κ3) is 4.22. The van der Waals surface area contributed by atoms with E-state index in [0.717, 1.165) is 29.6 Å². The highest BCUT2D eigenvalue weighted by Gasteiger charge is 2.07. The highest BCUT2D eigenvalue weighted by molar-refractivity contribution is 5.81. The molecule has 2 nitrogen and oxygen atoms in total. The third-order valence-electron chi connectivity index (χ3n) is 2.87. The van der Waals surface area contributed by atoms with Gasteiger partial charge in [0.1, 0.15) is 5.75 Å². The predicted octanol–water partition coefficient (Wildman–Crippen LogP) is 4.08. The Kier molecular flexibility index (Phi) is 5.75. The van der Waals surface area contributed by atoms with E-state index in [1.54, 1.807) is 0 Å². The molecule has 0 heterocycles. The van der Waals surface area contributed by atoms with Crippen LogP contribution in [0.4, 0.5) is 0 Å². The molecular formula is C15H22O2. The molecule has 0 aliphatic heterocycles. The van der Waals surface area contributed by atoms with Crippen molar-refractivity contribution in [2.24, 2.45) is 0 Å². The summed E-state index contributed by atoms with van der Waals surface area (Å²) in [5, 5.41) is 0. The molecule has 94 valence electrons. The van der Waals surface area contributed by atoms with Crippen LogP contribution in [0.1, 0.15) is 54.1 Å². The first-order chi connectivity index (χ1) is 8.19. The Hall–Kier alpha value is -1.31. The Morgan fingerprint density at radius 3 is 2.59 bits per heavy atom. The molecule has 0 spiro atoms. The summed E-state index contributed by atoms with van der Waals surface area (Å²) in [6, 6.07) is 3.95. The first-order valence-electron chi connectivity index (χ1n) is 6.38. The van der Waals surface area contributed by atoms with Gasteiger partial charge in [-0.05, 0) is 37.5 Å². The van der Waals surface area contributed by atoms with E-state index >= 15 is 0 Å². The number of hydrogen-bond donors (Lipinski definition) is 0. The van der Waals surface area contributed by atoms with E-state index in [9.17, 15) is 4.79 Å². The van der Waals surface area contributed by atoms with Gasteiger partial charge in [-0.15, -0.1) is 0 Å². The van der Waals surface area contributed by atoms with Crippen molar-refractivity contribution in [1.29, 1.82) is 0 Å².